The average Bonchev–Trinajstić information content (AvgIpc) is 2.95. The maximum atomic E-state index is 14.1. The Hall–Kier alpha value is -2.99. The summed E-state index contributed by atoms with van der Waals surface area (Å²) in [7, 11) is -4.59. The third-order valence-corrected chi connectivity index (χ3v) is 9.28. The van der Waals surface area contributed by atoms with Crippen LogP contribution in [0.3, 0.4) is 0 Å². The lowest BCUT2D eigenvalue weighted by molar-refractivity contribution is -0.140. The summed E-state index contributed by atoms with van der Waals surface area (Å²) in [6.07, 6.45) is -4.76. The average molecular weight is 693 g/mol. The molecule has 0 aliphatic heterocycles. The normalized spacial score (nSPS) is 12.6. The van der Waals surface area contributed by atoms with Gasteiger partial charge >= 0.3 is 6.18 Å². The van der Waals surface area contributed by atoms with Gasteiger partial charge in [-0.2, -0.15) is 13.2 Å². The van der Waals surface area contributed by atoms with Crippen LogP contribution >= 0.6 is 34.8 Å². The standard InChI is InChI=1S/C30H31Cl3F3N3O4S/c1-4-27(29(41)37-16-19(2)3)38(17-20-10-11-21(31)14-26(20)33)28(40)18-39(44(42,43)23-8-6-5-7-9-23)22-12-13-25(32)24(15-22)30(34,35)36/h5-15,19,27H,4,16-18H2,1-3H3,(H,37,41)/t27-/m0/s1. The van der Waals surface area contributed by atoms with E-state index in [1.54, 1.807) is 25.1 Å². The Labute approximate surface area is 269 Å². The number of hydrogen-bond donors (Lipinski definition) is 1. The smallest absolute Gasteiger partial charge is 0.354 e. The van der Waals surface area contributed by atoms with Crippen LogP contribution in [0.25, 0.3) is 0 Å². The lowest BCUT2D eigenvalue weighted by Gasteiger charge is -2.33. The molecule has 44 heavy (non-hydrogen) atoms. The largest absolute Gasteiger partial charge is 0.417 e. The van der Waals surface area contributed by atoms with Gasteiger partial charge in [0.25, 0.3) is 10.0 Å². The van der Waals surface area contributed by atoms with Gasteiger partial charge in [0.1, 0.15) is 12.6 Å². The summed E-state index contributed by atoms with van der Waals surface area (Å²) in [5.74, 6) is -1.24. The fourth-order valence-electron chi connectivity index (χ4n) is 4.31. The minimum absolute atomic E-state index is 0.102. The molecule has 238 valence electrons. The van der Waals surface area contributed by atoms with Gasteiger partial charge in [-0.25, -0.2) is 8.42 Å². The molecule has 1 atom stereocenters. The van der Waals surface area contributed by atoms with Crippen LogP contribution in [0.1, 0.15) is 38.3 Å². The molecule has 0 radical (unpaired) electrons. The molecule has 3 aromatic carbocycles. The molecule has 7 nitrogen and oxygen atoms in total. The Morgan fingerprint density at radius 3 is 2.16 bits per heavy atom. The summed E-state index contributed by atoms with van der Waals surface area (Å²) in [4.78, 5) is 28.3. The van der Waals surface area contributed by atoms with Crippen LogP contribution in [-0.2, 0) is 32.3 Å². The van der Waals surface area contributed by atoms with Crippen molar-refractivity contribution in [1.82, 2.24) is 10.2 Å². The molecule has 14 heteroatoms. The zero-order valence-corrected chi connectivity index (χ0v) is 27.1. The van der Waals surface area contributed by atoms with E-state index >= 15 is 0 Å². The Bertz CT molecular complexity index is 1590. The van der Waals surface area contributed by atoms with E-state index in [-0.39, 0.29) is 28.8 Å². The number of anilines is 1. The maximum absolute atomic E-state index is 14.1. The Morgan fingerprint density at radius 1 is 0.932 bits per heavy atom. The first-order valence-electron chi connectivity index (χ1n) is 13.5. The van der Waals surface area contributed by atoms with Crippen LogP contribution in [0.2, 0.25) is 15.1 Å². The second kappa shape index (κ2) is 14.9. The van der Waals surface area contributed by atoms with Gasteiger partial charge in [0, 0.05) is 23.1 Å². The fraction of sp³-hybridized carbons (Fsp3) is 0.333. The van der Waals surface area contributed by atoms with E-state index in [9.17, 15) is 31.2 Å². The van der Waals surface area contributed by atoms with Gasteiger partial charge in [-0.3, -0.25) is 13.9 Å². The molecule has 0 fully saturated rings. The number of carbonyl (C=O) groups is 2. The van der Waals surface area contributed by atoms with E-state index in [1.165, 1.54) is 35.2 Å². The van der Waals surface area contributed by atoms with Crippen molar-refractivity contribution < 1.29 is 31.2 Å². The summed E-state index contributed by atoms with van der Waals surface area (Å²) < 4.78 is 69.7. The first kappa shape index (κ1) is 35.5. The van der Waals surface area contributed by atoms with E-state index in [1.807, 2.05) is 13.8 Å². The van der Waals surface area contributed by atoms with Crippen molar-refractivity contribution >= 4 is 62.3 Å². The number of rotatable bonds is 12. The minimum Gasteiger partial charge on any atom is -0.354 e. The number of sulfonamides is 1. The van der Waals surface area contributed by atoms with E-state index < -0.39 is 56.9 Å². The predicted octanol–water partition coefficient (Wildman–Crippen LogP) is 7.44. The van der Waals surface area contributed by atoms with E-state index in [4.69, 9.17) is 34.8 Å². The van der Waals surface area contributed by atoms with Gasteiger partial charge in [-0.1, -0.05) is 79.8 Å². The highest BCUT2D eigenvalue weighted by molar-refractivity contribution is 7.92. The molecule has 0 spiro atoms. The van der Waals surface area contributed by atoms with Crippen molar-refractivity contribution in [3.8, 4) is 0 Å². The van der Waals surface area contributed by atoms with E-state index in [2.05, 4.69) is 5.32 Å². The number of hydrogen-bond acceptors (Lipinski definition) is 4. The van der Waals surface area contributed by atoms with Crippen LogP contribution in [0.15, 0.2) is 71.6 Å². The SMILES string of the molecule is CC[C@@H](C(=O)NCC(C)C)N(Cc1ccc(Cl)cc1Cl)C(=O)CN(c1ccc(Cl)c(C(F)(F)F)c1)S(=O)(=O)c1ccccc1. The van der Waals surface area contributed by atoms with Gasteiger partial charge in [0.05, 0.1) is 21.2 Å². The van der Waals surface area contributed by atoms with Gasteiger partial charge in [-0.15, -0.1) is 0 Å². The molecule has 0 saturated carbocycles. The highest BCUT2D eigenvalue weighted by Crippen LogP contribution is 2.38. The molecular formula is C30H31Cl3F3N3O4S. The van der Waals surface area contributed by atoms with Gasteiger partial charge < -0.3 is 10.2 Å². The molecule has 3 aromatic rings. The minimum atomic E-state index is -4.90. The van der Waals surface area contributed by atoms with Crippen LogP contribution < -0.4 is 9.62 Å². The number of halogens is 6. The van der Waals surface area contributed by atoms with Gasteiger partial charge in [0.2, 0.25) is 11.8 Å². The van der Waals surface area contributed by atoms with Crippen molar-refractivity contribution in [1.29, 1.82) is 0 Å². The van der Waals surface area contributed by atoms with Gasteiger partial charge in [-0.05, 0) is 60.4 Å². The lowest BCUT2D eigenvalue weighted by atomic mass is 10.1. The summed E-state index contributed by atoms with van der Waals surface area (Å²) >= 11 is 18.2. The molecule has 0 bridgehead atoms. The molecule has 3 rings (SSSR count). The third-order valence-electron chi connectivity index (χ3n) is 6.58. The van der Waals surface area contributed by atoms with Crippen LogP contribution in [0.5, 0.6) is 0 Å². The topological polar surface area (TPSA) is 86.8 Å². The highest BCUT2D eigenvalue weighted by atomic mass is 35.5. The number of amides is 2. The number of benzene rings is 3. The predicted molar refractivity (Wildman–Crippen MR) is 166 cm³/mol. The summed E-state index contributed by atoms with van der Waals surface area (Å²) in [5.41, 5.74) is -1.30. The first-order chi connectivity index (χ1) is 20.6. The third kappa shape index (κ3) is 8.80. The van der Waals surface area contributed by atoms with Crippen LogP contribution in [0.4, 0.5) is 18.9 Å². The molecule has 0 aromatic heterocycles. The molecule has 1 N–H and O–H groups in total. The maximum Gasteiger partial charge on any atom is 0.417 e. The zero-order valence-electron chi connectivity index (χ0n) is 24.0. The number of nitrogens with zero attached hydrogens (tertiary/aromatic N) is 2. The Morgan fingerprint density at radius 2 is 1.59 bits per heavy atom. The van der Waals surface area contributed by atoms with Crippen molar-refractivity contribution in [2.45, 2.75) is 50.9 Å². The Kier molecular flexibility index (Phi) is 12.0. The van der Waals surface area contributed by atoms with Gasteiger partial charge in [0.15, 0.2) is 0 Å². The van der Waals surface area contributed by atoms with Crippen molar-refractivity contribution in [3.05, 3.63) is 92.9 Å². The summed E-state index contributed by atoms with van der Waals surface area (Å²) in [6, 6.07) is 13.0. The molecule has 0 heterocycles. The fourth-order valence-corrected chi connectivity index (χ4v) is 6.43. The number of carbonyl (C=O) groups excluding carboxylic acids is 2. The molecule has 0 aliphatic carbocycles. The molecule has 0 unspecified atom stereocenters. The van der Waals surface area contributed by atoms with Crippen molar-refractivity contribution in [3.63, 3.8) is 0 Å². The second-order valence-corrected chi connectivity index (χ2v) is 13.4. The first-order valence-corrected chi connectivity index (χ1v) is 16.1. The number of nitrogens with one attached hydrogen (secondary N) is 1. The molecule has 2 amide bonds. The lowest BCUT2D eigenvalue weighted by Crippen LogP contribution is -2.52. The monoisotopic (exact) mass is 691 g/mol. The second-order valence-electron chi connectivity index (χ2n) is 10.3. The molecule has 0 aliphatic rings. The van der Waals surface area contributed by atoms with Crippen LogP contribution in [0, 0.1) is 5.92 Å². The molecule has 0 saturated heterocycles. The zero-order chi connectivity index (χ0) is 32.8. The number of alkyl halides is 3. The highest BCUT2D eigenvalue weighted by Gasteiger charge is 2.37. The Balaban J connectivity index is 2.15. The molecular weight excluding hydrogens is 662 g/mol. The van der Waals surface area contributed by atoms with E-state index in [0.717, 1.165) is 12.1 Å². The van der Waals surface area contributed by atoms with E-state index in [0.29, 0.717) is 27.5 Å². The summed E-state index contributed by atoms with van der Waals surface area (Å²) in [6.45, 7) is 4.64. The summed E-state index contributed by atoms with van der Waals surface area (Å²) in [5, 5.41) is 2.69. The van der Waals surface area contributed by atoms with Crippen LogP contribution in [-0.4, -0.2) is 44.3 Å². The van der Waals surface area contributed by atoms with Crippen molar-refractivity contribution in [2.24, 2.45) is 5.92 Å². The van der Waals surface area contributed by atoms with Crippen molar-refractivity contribution in [2.75, 3.05) is 17.4 Å². The quantitative estimate of drug-likeness (QED) is 0.214.